The summed E-state index contributed by atoms with van der Waals surface area (Å²) in [6.45, 7) is 3.20. The molecule has 5 rings (SSSR count). The first kappa shape index (κ1) is 22.8. The standard InChI is InChI=1S/C24H26F3N5O2/c1-33-21-9-8-19(32-22(24(25,26)27)28-29-30-32)12-20(21)18-13-23(34-15-18)10-5-11-31(16-23)14-17-6-3-2-4-7-17/h2-4,6-9,12,18H,5,10-11,13-16H2,1H3/t18-,23+/m1/s1. The fourth-order valence-corrected chi connectivity index (χ4v) is 5.21. The van der Waals surface area contributed by atoms with Gasteiger partial charge in [-0.25, -0.2) is 0 Å². The Kier molecular flexibility index (Phi) is 6.03. The molecule has 2 atom stereocenters. The van der Waals surface area contributed by atoms with Gasteiger partial charge in [0.15, 0.2) is 0 Å². The number of likely N-dealkylation sites (tertiary alicyclic amines) is 1. The lowest BCUT2D eigenvalue weighted by atomic mass is 9.83. The molecule has 1 spiro atoms. The van der Waals surface area contributed by atoms with Crippen molar-refractivity contribution in [1.29, 1.82) is 0 Å². The second-order valence-electron chi connectivity index (χ2n) is 9.03. The molecule has 0 unspecified atom stereocenters. The van der Waals surface area contributed by atoms with Crippen LogP contribution in [0.5, 0.6) is 5.75 Å². The minimum Gasteiger partial charge on any atom is -0.496 e. The van der Waals surface area contributed by atoms with Crippen LogP contribution in [0.3, 0.4) is 0 Å². The van der Waals surface area contributed by atoms with E-state index >= 15 is 0 Å². The molecule has 0 N–H and O–H groups in total. The van der Waals surface area contributed by atoms with Crippen LogP contribution >= 0.6 is 0 Å². The van der Waals surface area contributed by atoms with Crippen LogP contribution in [0.2, 0.25) is 0 Å². The molecule has 0 bridgehead atoms. The minimum atomic E-state index is -4.66. The van der Waals surface area contributed by atoms with E-state index in [1.54, 1.807) is 19.2 Å². The van der Waals surface area contributed by atoms with Gasteiger partial charge in [-0.3, -0.25) is 4.90 Å². The number of rotatable bonds is 5. The number of halogens is 3. The molecule has 1 aromatic heterocycles. The first-order valence-corrected chi connectivity index (χ1v) is 11.3. The number of alkyl halides is 3. The Bertz CT molecular complexity index is 1140. The van der Waals surface area contributed by atoms with Crippen LogP contribution in [-0.4, -0.2) is 57.5 Å². The van der Waals surface area contributed by atoms with Gasteiger partial charge in [-0.05, 0) is 60.0 Å². The highest BCUT2D eigenvalue weighted by Crippen LogP contribution is 2.45. The molecule has 0 amide bonds. The Hall–Kier alpha value is -2.98. The van der Waals surface area contributed by atoms with Crippen LogP contribution < -0.4 is 4.74 Å². The Labute approximate surface area is 195 Å². The summed E-state index contributed by atoms with van der Waals surface area (Å²) in [7, 11) is 1.56. The summed E-state index contributed by atoms with van der Waals surface area (Å²) in [5.74, 6) is -0.544. The Morgan fingerprint density at radius 1 is 1.18 bits per heavy atom. The van der Waals surface area contributed by atoms with Crippen LogP contribution in [-0.2, 0) is 17.5 Å². The molecule has 0 saturated carbocycles. The third kappa shape index (κ3) is 4.52. The second kappa shape index (κ2) is 8.99. The van der Waals surface area contributed by atoms with Gasteiger partial charge in [-0.1, -0.05) is 30.3 Å². The quantitative estimate of drug-likeness (QED) is 0.553. The van der Waals surface area contributed by atoms with E-state index in [2.05, 4.69) is 32.6 Å². The van der Waals surface area contributed by atoms with Crippen molar-refractivity contribution in [2.24, 2.45) is 0 Å². The van der Waals surface area contributed by atoms with E-state index in [1.165, 1.54) is 11.6 Å². The van der Waals surface area contributed by atoms with Crippen molar-refractivity contribution >= 4 is 0 Å². The van der Waals surface area contributed by atoms with E-state index in [1.807, 2.05) is 18.2 Å². The van der Waals surface area contributed by atoms with Gasteiger partial charge < -0.3 is 9.47 Å². The maximum atomic E-state index is 13.3. The molecule has 34 heavy (non-hydrogen) atoms. The average molecular weight is 473 g/mol. The first-order valence-electron chi connectivity index (χ1n) is 11.3. The highest BCUT2D eigenvalue weighted by molar-refractivity contribution is 5.46. The molecule has 0 aliphatic carbocycles. The minimum absolute atomic E-state index is 0.00241. The number of nitrogens with zero attached hydrogens (tertiary/aromatic N) is 5. The fraction of sp³-hybridized carbons (Fsp3) is 0.458. The zero-order chi connectivity index (χ0) is 23.8. The monoisotopic (exact) mass is 473 g/mol. The third-order valence-electron chi connectivity index (χ3n) is 6.70. The maximum Gasteiger partial charge on any atom is 0.453 e. The number of hydrogen-bond acceptors (Lipinski definition) is 6. The van der Waals surface area contributed by atoms with Crippen molar-refractivity contribution in [1.82, 2.24) is 25.1 Å². The summed E-state index contributed by atoms with van der Waals surface area (Å²) in [4.78, 5) is 2.42. The number of piperidine rings is 1. The molecule has 180 valence electrons. The van der Waals surface area contributed by atoms with E-state index in [4.69, 9.17) is 9.47 Å². The Morgan fingerprint density at radius 3 is 2.76 bits per heavy atom. The lowest BCUT2D eigenvalue weighted by Crippen LogP contribution is -2.47. The second-order valence-corrected chi connectivity index (χ2v) is 9.03. The summed E-state index contributed by atoms with van der Waals surface area (Å²) >= 11 is 0. The molecule has 2 aliphatic heterocycles. The van der Waals surface area contributed by atoms with Gasteiger partial charge in [0.25, 0.3) is 5.82 Å². The molecule has 10 heteroatoms. The van der Waals surface area contributed by atoms with Gasteiger partial charge in [0.05, 0.1) is 25.0 Å². The number of ether oxygens (including phenoxy) is 2. The fourth-order valence-electron chi connectivity index (χ4n) is 5.21. The number of aromatic nitrogens is 4. The number of methoxy groups -OCH3 is 1. The smallest absolute Gasteiger partial charge is 0.453 e. The van der Waals surface area contributed by atoms with Gasteiger partial charge >= 0.3 is 6.18 Å². The molecule has 2 fully saturated rings. The van der Waals surface area contributed by atoms with E-state index < -0.39 is 12.0 Å². The zero-order valence-electron chi connectivity index (χ0n) is 18.8. The molecule has 2 aromatic carbocycles. The number of tetrazole rings is 1. The van der Waals surface area contributed by atoms with Crippen molar-refractivity contribution < 1.29 is 22.6 Å². The van der Waals surface area contributed by atoms with Crippen molar-refractivity contribution in [2.45, 2.75) is 43.5 Å². The third-order valence-corrected chi connectivity index (χ3v) is 6.70. The van der Waals surface area contributed by atoms with E-state index in [9.17, 15) is 13.2 Å². The Balaban J connectivity index is 1.37. The molecular formula is C24H26F3N5O2. The SMILES string of the molecule is COc1ccc(-n2nnnc2C(F)(F)F)cc1[C@H]1CO[C@@]2(CCCN(Cc3ccccc3)C2)C1. The van der Waals surface area contributed by atoms with Gasteiger partial charge in [-0.2, -0.15) is 17.9 Å². The number of hydrogen-bond donors (Lipinski definition) is 0. The zero-order valence-corrected chi connectivity index (χ0v) is 18.8. The van der Waals surface area contributed by atoms with Crippen molar-refractivity contribution in [2.75, 3.05) is 26.8 Å². The van der Waals surface area contributed by atoms with E-state index in [0.717, 1.165) is 49.1 Å². The molecule has 2 saturated heterocycles. The van der Waals surface area contributed by atoms with Gasteiger partial charge in [0.2, 0.25) is 0 Å². The summed E-state index contributed by atoms with van der Waals surface area (Å²) < 4.78 is 52.7. The van der Waals surface area contributed by atoms with Gasteiger partial charge in [0.1, 0.15) is 5.75 Å². The molecule has 2 aliphatic rings. The van der Waals surface area contributed by atoms with Crippen LogP contribution in [0.15, 0.2) is 48.5 Å². The normalized spacial score (nSPS) is 23.5. The molecule has 7 nitrogen and oxygen atoms in total. The highest BCUT2D eigenvalue weighted by atomic mass is 19.4. The van der Waals surface area contributed by atoms with Crippen LogP contribution in [0.4, 0.5) is 13.2 Å². The molecule has 0 radical (unpaired) electrons. The van der Waals surface area contributed by atoms with Crippen molar-refractivity contribution in [3.8, 4) is 11.4 Å². The number of benzene rings is 2. The largest absolute Gasteiger partial charge is 0.496 e. The summed E-state index contributed by atoms with van der Waals surface area (Å²) in [5, 5.41) is 9.95. The van der Waals surface area contributed by atoms with Gasteiger partial charge in [-0.15, -0.1) is 5.10 Å². The molecule has 3 heterocycles. The van der Waals surface area contributed by atoms with Gasteiger partial charge in [0, 0.05) is 24.6 Å². The van der Waals surface area contributed by atoms with Crippen LogP contribution in [0.25, 0.3) is 5.69 Å². The van der Waals surface area contributed by atoms with E-state index in [0.29, 0.717) is 12.4 Å². The lowest BCUT2D eigenvalue weighted by Gasteiger charge is -2.40. The maximum absolute atomic E-state index is 13.3. The van der Waals surface area contributed by atoms with Crippen LogP contribution in [0, 0.1) is 0 Å². The highest BCUT2D eigenvalue weighted by Gasteiger charge is 2.45. The van der Waals surface area contributed by atoms with Crippen LogP contribution in [0.1, 0.15) is 42.1 Å². The average Bonchev–Trinajstić information content (AvgIpc) is 3.47. The van der Waals surface area contributed by atoms with Crippen molar-refractivity contribution in [3.05, 3.63) is 65.5 Å². The van der Waals surface area contributed by atoms with Crippen molar-refractivity contribution in [3.63, 3.8) is 0 Å². The summed E-state index contributed by atoms with van der Waals surface area (Å²) in [5.41, 5.74) is 2.04. The predicted molar refractivity (Wildman–Crippen MR) is 118 cm³/mol. The lowest BCUT2D eigenvalue weighted by molar-refractivity contribution is -0.146. The first-order chi connectivity index (χ1) is 16.4. The summed E-state index contributed by atoms with van der Waals surface area (Å²) in [6, 6.07) is 15.2. The van der Waals surface area contributed by atoms with E-state index in [-0.39, 0.29) is 17.2 Å². The predicted octanol–water partition coefficient (Wildman–Crippen LogP) is 4.23. The Morgan fingerprint density at radius 2 is 2.00 bits per heavy atom. The molecular weight excluding hydrogens is 447 g/mol. The molecule has 3 aromatic rings. The summed E-state index contributed by atoms with van der Waals surface area (Å²) in [6.07, 6.45) is -1.88. The topological polar surface area (TPSA) is 65.3 Å².